The number of nitro benzene ring substituents is 1. The zero-order valence-electron chi connectivity index (χ0n) is 12.5. The molecule has 1 unspecified atom stereocenters. The van der Waals surface area contributed by atoms with Gasteiger partial charge in [0.25, 0.3) is 5.69 Å². The van der Waals surface area contributed by atoms with Gasteiger partial charge < -0.3 is 15.7 Å². The SMILES string of the molecule is CCC(C)(CCO)NC(=O)Nc1ccc([N+](=O)[O-])c(C)c1. The Morgan fingerprint density at radius 1 is 1.48 bits per heavy atom. The minimum atomic E-state index is -0.491. The summed E-state index contributed by atoms with van der Waals surface area (Å²) in [6.07, 6.45) is 1.14. The lowest BCUT2D eigenvalue weighted by atomic mass is 9.95. The first-order valence-corrected chi connectivity index (χ1v) is 6.76. The van der Waals surface area contributed by atoms with Gasteiger partial charge in [-0.15, -0.1) is 0 Å². The van der Waals surface area contributed by atoms with Crippen LogP contribution in [0.15, 0.2) is 18.2 Å². The number of hydrogen-bond donors (Lipinski definition) is 3. The quantitative estimate of drug-likeness (QED) is 0.554. The van der Waals surface area contributed by atoms with E-state index >= 15 is 0 Å². The van der Waals surface area contributed by atoms with Crippen molar-refractivity contribution in [2.24, 2.45) is 0 Å². The Morgan fingerprint density at radius 2 is 2.14 bits per heavy atom. The summed E-state index contributed by atoms with van der Waals surface area (Å²) in [6.45, 7) is 5.38. The fraction of sp³-hybridized carbons (Fsp3) is 0.500. The van der Waals surface area contributed by atoms with Crippen molar-refractivity contribution < 1.29 is 14.8 Å². The van der Waals surface area contributed by atoms with Crippen LogP contribution < -0.4 is 10.6 Å². The second kappa shape index (κ2) is 7.03. The van der Waals surface area contributed by atoms with E-state index in [1.165, 1.54) is 12.1 Å². The van der Waals surface area contributed by atoms with Crippen LogP contribution in [0, 0.1) is 17.0 Å². The van der Waals surface area contributed by atoms with Gasteiger partial charge >= 0.3 is 6.03 Å². The number of hydrogen-bond acceptors (Lipinski definition) is 4. The highest BCUT2D eigenvalue weighted by atomic mass is 16.6. The molecule has 0 spiro atoms. The molecule has 2 amide bonds. The number of aryl methyl sites for hydroxylation is 1. The van der Waals surface area contributed by atoms with Crippen LogP contribution in [0.3, 0.4) is 0 Å². The molecule has 1 aromatic carbocycles. The third kappa shape index (κ3) is 4.71. The van der Waals surface area contributed by atoms with Crippen LogP contribution in [0.25, 0.3) is 0 Å². The highest BCUT2D eigenvalue weighted by molar-refractivity contribution is 5.90. The molecule has 0 bridgehead atoms. The van der Waals surface area contributed by atoms with Gasteiger partial charge in [-0.3, -0.25) is 10.1 Å². The highest BCUT2D eigenvalue weighted by Gasteiger charge is 2.23. The van der Waals surface area contributed by atoms with Gasteiger partial charge in [0.05, 0.1) is 4.92 Å². The summed E-state index contributed by atoms with van der Waals surface area (Å²) in [7, 11) is 0. The van der Waals surface area contributed by atoms with E-state index in [1.54, 1.807) is 13.0 Å². The van der Waals surface area contributed by atoms with Crippen molar-refractivity contribution in [1.82, 2.24) is 5.32 Å². The normalized spacial score (nSPS) is 13.3. The van der Waals surface area contributed by atoms with Crippen LogP contribution in [0.4, 0.5) is 16.2 Å². The Balaban J connectivity index is 2.75. The van der Waals surface area contributed by atoms with Crippen LogP contribution in [0.2, 0.25) is 0 Å². The van der Waals surface area contributed by atoms with Gasteiger partial charge in [0.2, 0.25) is 0 Å². The Labute approximate surface area is 123 Å². The molecular formula is C14H21N3O4. The van der Waals surface area contributed by atoms with E-state index in [0.717, 1.165) is 0 Å². The van der Waals surface area contributed by atoms with Crippen molar-refractivity contribution in [3.63, 3.8) is 0 Å². The fourth-order valence-corrected chi connectivity index (χ4v) is 1.95. The molecule has 0 aliphatic carbocycles. The van der Waals surface area contributed by atoms with E-state index < -0.39 is 16.5 Å². The zero-order valence-corrected chi connectivity index (χ0v) is 12.5. The fourth-order valence-electron chi connectivity index (χ4n) is 1.95. The van der Waals surface area contributed by atoms with Crippen molar-refractivity contribution in [3.05, 3.63) is 33.9 Å². The molecule has 0 saturated heterocycles. The molecule has 116 valence electrons. The smallest absolute Gasteiger partial charge is 0.319 e. The topological polar surface area (TPSA) is 104 Å². The number of nitro groups is 1. The van der Waals surface area contributed by atoms with Gasteiger partial charge in [0.1, 0.15) is 0 Å². The molecule has 0 aromatic heterocycles. The molecule has 3 N–H and O–H groups in total. The number of carbonyl (C=O) groups is 1. The van der Waals surface area contributed by atoms with E-state index in [2.05, 4.69) is 10.6 Å². The summed E-state index contributed by atoms with van der Waals surface area (Å²) in [5.41, 5.74) is 0.485. The molecule has 0 saturated carbocycles. The molecule has 1 atom stereocenters. The number of urea groups is 1. The average Bonchev–Trinajstić information content (AvgIpc) is 2.38. The number of anilines is 1. The van der Waals surface area contributed by atoms with Crippen molar-refractivity contribution >= 4 is 17.4 Å². The summed E-state index contributed by atoms with van der Waals surface area (Å²) in [6, 6.07) is 3.99. The number of benzene rings is 1. The second-order valence-electron chi connectivity index (χ2n) is 5.23. The predicted molar refractivity (Wildman–Crippen MR) is 80.4 cm³/mol. The largest absolute Gasteiger partial charge is 0.396 e. The van der Waals surface area contributed by atoms with E-state index in [4.69, 9.17) is 5.11 Å². The zero-order chi connectivity index (χ0) is 16.0. The van der Waals surface area contributed by atoms with Gasteiger partial charge in [-0.1, -0.05) is 6.92 Å². The molecule has 21 heavy (non-hydrogen) atoms. The van der Waals surface area contributed by atoms with Crippen molar-refractivity contribution in [3.8, 4) is 0 Å². The number of aliphatic hydroxyl groups is 1. The molecule has 0 radical (unpaired) electrons. The molecule has 0 heterocycles. The molecule has 0 aliphatic heterocycles. The second-order valence-corrected chi connectivity index (χ2v) is 5.23. The molecule has 7 nitrogen and oxygen atoms in total. The summed E-state index contributed by atoms with van der Waals surface area (Å²) in [4.78, 5) is 22.2. The lowest BCUT2D eigenvalue weighted by molar-refractivity contribution is -0.385. The minimum Gasteiger partial charge on any atom is -0.396 e. The summed E-state index contributed by atoms with van der Waals surface area (Å²) in [5.74, 6) is 0. The number of rotatable bonds is 6. The summed E-state index contributed by atoms with van der Waals surface area (Å²) in [5, 5.41) is 25.2. The summed E-state index contributed by atoms with van der Waals surface area (Å²) < 4.78 is 0. The number of aliphatic hydroxyl groups excluding tert-OH is 1. The first-order chi connectivity index (χ1) is 9.81. The first kappa shape index (κ1) is 16.9. The molecule has 1 aromatic rings. The predicted octanol–water partition coefficient (Wildman–Crippen LogP) is 2.58. The number of amides is 2. The molecule has 1 rings (SSSR count). The Hall–Kier alpha value is -2.15. The van der Waals surface area contributed by atoms with Crippen LogP contribution in [-0.4, -0.2) is 28.2 Å². The lowest BCUT2D eigenvalue weighted by Crippen LogP contribution is -2.48. The third-order valence-corrected chi connectivity index (χ3v) is 3.51. The van der Waals surface area contributed by atoms with Crippen molar-refractivity contribution in [2.75, 3.05) is 11.9 Å². The molecule has 0 aliphatic rings. The third-order valence-electron chi connectivity index (χ3n) is 3.51. The van der Waals surface area contributed by atoms with Gasteiger partial charge in [-0.05, 0) is 38.8 Å². The molecule has 0 fully saturated rings. The Morgan fingerprint density at radius 3 is 2.62 bits per heavy atom. The van der Waals surface area contributed by atoms with Crippen molar-refractivity contribution in [1.29, 1.82) is 0 Å². The molecular weight excluding hydrogens is 274 g/mol. The van der Waals surface area contributed by atoms with Gasteiger partial charge in [-0.2, -0.15) is 0 Å². The van der Waals surface area contributed by atoms with E-state index in [-0.39, 0.29) is 12.3 Å². The van der Waals surface area contributed by atoms with Crippen molar-refractivity contribution in [2.45, 2.75) is 39.2 Å². The average molecular weight is 295 g/mol. The first-order valence-electron chi connectivity index (χ1n) is 6.76. The van der Waals surface area contributed by atoms with Crippen LogP contribution >= 0.6 is 0 Å². The maximum Gasteiger partial charge on any atom is 0.319 e. The Kier molecular flexibility index (Phi) is 5.66. The van der Waals surface area contributed by atoms with Gasteiger partial charge in [-0.25, -0.2) is 4.79 Å². The monoisotopic (exact) mass is 295 g/mol. The summed E-state index contributed by atoms with van der Waals surface area (Å²) >= 11 is 0. The van der Waals surface area contributed by atoms with Gasteiger partial charge in [0, 0.05) is 29.5 Å². The van der Waals surface area contributed by atoms with E-state index in [0.29, 0.717) is 24.1 Å². The number of nitrogens with zero attached hydrogens (tertiary/aromatic N) is 1. The van der Waals surface area contributed by atoms with Crippen LogP contribution in [-0.2, 0) is 0 Å². The van der Waals surface area contributed by atoms with E-state index in [1.807, 2.05) is 13.8 Å². The number of carbonyl (C=O) groups excluding carboxylic acids is 1. The maximum atomic E-state index is 12.0. The lowest BCUT2D eigenvalue weighted by Gasteiger charge is -2.29. The maximum absolute atomic E-state index is 12.0. The van der Waals surface area contributed by atoms with E-state index in [9.17, 15) is 14.9 Å². The minimum absolute atomic E-state index is 0.0126. The molecule has 7 heteroatoms. The standard InChI is InChI=1S/C14H21N3O4/c1-4-14(3,7-8-18)16-13(19)15-11-5-6-12(17(20)21)10(2)9-11/h5-6,9,18H,4,7-8H2,1-3H3,(H2,15,16,19). The Bertz CT molecular complexity index is 533. The highest BCUT2D eigenvalue weighted by Crippen LogP contribution is 2.22. The van der Waals surface area contributed by atoms with Crippen LogP contribution in [0.1, 0.15) is 32.3 Å². The van der Waals surface area contributed by atoms with Gasteiger partial charge in [0.15, 0.2) is 0 Å². The number of nitrogens with one attached hydrogen (secondary N) is 2. The van der Waals surface area contributed by atoms with Crippen LogP contribution in [0.5, 0.6) is 0 Å².